The first-order chi connectivity index (χ1) is 16.4. The average molecular weight is 522 g/mol. The molecule has 178 valence electrons. The van der Waals surface area contributed by atoms with Gasteiger partial charge in [0.25, 0.3) is 0 Å². The number of urea groups is 1. The van der Waals surface area contributed by atoms with Crippen LogP contribution in [-0.2, 0) is 12.0 Å². The van der Waals surface area contributed by atoms with Gasteiger partial charge in [-0.1, -0.05) is 0 Å². The van der Waals surface area contributed by atoms with E-state index in [2.05, 4.69) is 26.0 Å². The number of hydrogen-bond donors (Lipinski definition) is 1. The van der Waals surface area contributed by atoms with E-state index in [0.29, 0.717) is 6.54 Å². The number of nitrogens with zero attached hydrogens (tertiary/aromatic N) is 5. The molecule has 1 N–H and O–H groups in total. The zero-order valence-corrected chi connectivity index (χ0v) is 22.3. The van der Waals surface area contributed by atoms with Crippen LogP contribution in [0.25, 0.3) is 11.3 Å². The third-order valence-electron chi connectivity index (χ3n) is 6.90. The van der Waals surface area contributed by atoms with Crippen molar-refractivity contribution in [2.24, 2.45) is 0 Å². The number of aryl methyl sites for hydroxylation is 2. The maximum absolute atomic E-state index is 12.4. The van der Waals surface area contributed by atoms with Crippen molar-refractivity contribution in [1.82, 2.24) is 30.0 Å². The van der Waals surface area contributed by atoms with Crippen molar-refractivity contribution in [3.05, 3.63) is 53.6 Å². The van der Waals surface area contributed by atoms with Crippen LogP contribution in [0.1, 0.15) is 49.9 Å². The number of amides is 2. The van der Waals surface area contributed by atoms with Gasteiger partial charge in [0, 0.05) is 6.54 Å². The molecule has 1 fully saturated rings. The maximum atomic E-state index is 12.4. The van der Waals surface area contributed by atoms with Crippen LogP contribution in [0.3, 0.4) is 0 Å². The quantitative estimate of drug-likeness (QED) is 0.519. The summed E-state index contributed by atoms with van der Waals surface area (Å²) < 4.78 is 9.29. The Hall–Kier alpha value is -2.86. The van der Waals surface area contributed by atoms with Gasteiger partial charge in [-0.2, -0.15) is 0 Å². The number of aromatic nitrogens is 4. The van der Waals surface area contributed by atoms with Crippen molar-refractivity contribution in [2.75, 3.05) is 19.6 Å². The van der Waals surface area contributed by atoms with E-state index in [4.69, 9.17) is 9.84 Å². The van der Waals surface area contributed by atoms with Crippen LogP contribution in [0.5, 0.6) is 5.75 Å². The van der Waals surface area contributed by atoms with Gasteiger partial charge in [0.05, 0.1) is 0 Å². The van der Waals surface area contributed by atoms with E-state index in [-0.39, 0.29) is 17.6 Å². The molecule has 8 nitrogen and oxygen atoms in total. The van der Waals surface area contributed by atoms with Gasteiger partial charge in [-0.3, -0.25) is 0 Å². The fourth-order valence-corrected chi connectivity index (χ4v) is 5.53. The second kappa shape index (κ2) is 9.06. The summed E-state index contributed by atoms with van der Waals surface area (Å²) in [5.41, 5.74) is 4.92. The molecule has 5 heterocycles. The van der Waals surface area contributed by atoms with Crippen molar-refractivity contribution in [1.29, 1.82) is 0 Å². The third-order valence-corrected chi connectivity index (χ3v) is 7.81. The zero-order chi connectivity index (χ0) is 23.9. The molecule has 0 aliphatic carbocycles. The molecular weight excluding hydrogens is 491 g/mol. The molecule has 9 heteroatoms. The van der Waals surface area contributed by atoms with Crippen molar-refractivity contribution in [3.8, 4) is 17.0 Å². The van der Waals surface area contributed by atoms with Crippen molar-refractivity contribution < 1.29 is 9.53 Å². The number of ether oxygens (including phenoxy) is 1. The second-order valence-corrected chi connectivity index (χ2v) is 10.4. The standard InChI is InChI=1S/C25H31AsN6O2/c1-4-27-24(33)31-10-8-25(15-31)9-11-32-22(25)13-20(30-32)18-12-21(23(26)28-14-18)34-17(3)19-7-5-6-16(2)29-19/h5-7,12-14,17H,4,8-11,15,26H2,1-3H3,(H,27,33)/t17?,25-/m1/s1. The summed E-state index contributed by atoms with van der Waals surface area (Å²) in [6.07, 6.45) is 3.69. The van der Waals surface area contributed by atoms with Gasteiger partial charge in [-0.25, -0.2) is 0 Å². The van der Waals surface area contributed by atoms with Crippen LogP contribution in [0, 0.1) is 6.92 Å². The van der Waals surface area contributed by atoms with Crippen molar-refractivity contribution in [3.63, 3.8) is 0 Å². The minimum absolute atomic E-state index is 0.0117. The second-order valence-electron chi connectivity index (χ2n) is 9.25. The summed E-state index contributed by atoms with van der Waals surface area (Å²) in [5.74, 6) is 0.763. The SMILES string of the molecule is CCNC(=O)N1CC[C@@]2(CCn3nc(-c4cnc([AsH2])c(OC(C)c5cccc(C)n5)c4)cc32)C1. The van der Waals surface area contributed by atoms with E-state index in [0.717, 1.165) is 65.4 Å². The molecule has 3 aromatic rings. The molecule has 0 saturated carbocycles. The molecule has 0 bridgehead atoms. The molecule has 0 radical (unpaired) electrons. The van der Waals surface area contributed by atoms with Gasteiger partial charge < -0.3 is 0 Å². The summed E-state index contributed by atoms with van der Waals surface area (Å²) in [7, 11) is 0. The number of pyridine rings is 2. The summed E-state index contributed by atoms with van der Waals surface area (Å²) in [4.78, 5) is 23.5. The molecule has 34 heavy (non-hydrogen) atoms. The predicted octanol–water partition coefficient (Wildman–Crippen LogP) is 2.12. The number of carbonyl (C=O) groups excluding carboxylic acids is 1. The molecule has 1 spiro atoms. The number of carbonyl (C=O) groups is 1. The van der Waals surface area contributed by atoms with Gasteiger partial charge in [0.15, 0.2) is 0 Å². The fourth-order valence-electron chi connectivity index (χ4n) is 5.06. The van der Waals surface area contributed by atoms with E-state index in [1.807, 2.05) is 56.1 Å². The van der Waals surface area contributed by atoms with Gasteiger partial charge in [-0.15, -0.1) is 0 Å². The van der Waals surface area contributed by atoms with Crippen LogP contribution >= 0.6 is 0 Å². The fraction of sp³-hybridized carbons (Fsp3) is 0.440. The Morgan fingerprint density at radius 3 is 2.91 bits per heavy atom. The molecule has 5 rings (SSSR count). The molecule has 3 atom stereocenters. The molecular formula is C25H31AsN6O2. The summed E-state index contributed by atoms with van der Waals surface area (Å²) in [6, 6.07) is 10.2. The summed E-state index contributed by atoms with van der Waals surface area (Å²) >= 11 is 1.43. The van der Waals surface area contributed by atoms with Crippen LogP contribution in [-0.4, -0.2) is 67.2 Å². The van der Waals surface area contributed by atoms with Gasteiger partial charge >= 0.3 is 195 Å². The predicted molar refractivity (Wildman–Crippen MR) is 133 cm³/mol. The van der Waals surface area contributed by atoms with Crippen molar-refractivity contribution in [2.45, 2.75) is 51.7 Å². The Labute approximate surface area is 208 Å². The molecule has 3 aromatic heterocycles. The van der Waals surface area contributed by atoms with Crippen LogP contribution < -0.4 is 14.5 Å². The zero-order valence-electron chi connectivity index (χ0n) is 19.9. The number of hydrogen-bond acceptors (Lipinski definition) is 5. The molecule has 2 aliphatic heterocycles. The molecule has 2 amide bonds. The third kappa shape index (κ3) is 4.20. The van der Waals surface area contributed by atoms with Crippen LogP contribution in [0.15, 0.2) is 36.5 Å². The Kier molecular flexibility index (Phi) is 6.11. The Morgan fingerprint density at radius 2 is 2.12 bits per heavy atom. The molecule has 1 saturated heterocycles. The topological polar surface area (TPSA) is 85.2 Å². The normalized spacial score (nSPS) is 19.9. The first kappa shape index (κ1) is 22.9. The number of fused-ring (bicyclic) bond motifs is 2. The first-order valence-corrected chi connectivity index (χ1v) is 13.1. The molecule has 0 aromatic carbocycles. The van der Waals surface area contributed by atoms with Crippen molar-refractivity contribution >= 4 is 27.4 Å². The van der Waals surface area contributed by atoms with E-state index < -0.39 is 0 Å². The molecule has 2 unspecified atom stereocenters. The summed E-state index contributed by atoms with van der Waals surface area (Å²) in [6.45, 7) is 8.99. The first-order valence-electron chi connectivity index (χ1n) is 11.9. The monoisotopic (exact) mass is 522 g/mol. The van der Waals surface area contributed by atoms with Gasteiger partial charge in [0.2, 0.25) is 0 Å². The van der Waals surface area contributed by atoms with E-state index in [1.165, 1.54) is 22.5 Å². The van der Waals surface area contributed by atoms with E-state index in [9.17, 15) is 4.79 Å². The number of likely N-dealkylation sites (tertiary alicyclic amines) is 1. The Balaban J connectivity index is 1.38. The van der Waals surface area contributed by atoms with Gasteiger partial charge in [-0.05, 0) is 6.92 Å². The minimum atomic E-state index is -0.180. The van der Waals surface area contributed by atoms with E-state index in [1.54, 1.807) is 0 Å². The average Bonchev–Trinajstić information content (AvgIpc) is 3.52. The Bertz CT molecular complexity index is 1230. The molecule has 2 aliphatic rings. The number of nitrogens with one attached hydrogen (secondary N) is 1. The summed E-state index contributed by atoms with van der Waals surface area (Å²) in [5, 5.41) is 7.83. The van der Waals surface area contributed by atoms with E-state index >= 15 is 0 Å². The van der Waals surface area contributed by atoms with Crippen LogP contribution in [0.4, 0.5) is 4.79 Å². The van der Waals surface area contributed by atoms with Crippen LogP contribution in [0.2, 0.25) is 0 Å². The van der Waals surface area contributed by atoms with Gasteiger partial charge in [0.1, 0.15) is 0 Å². The Morgan fingerprint density at radius 1 is 1.29 bits per heavy atom. The number of rotatable bonds is 5.